The van der Waals surface area contributed by atoms with Gasteiger partial charge in [0.1, 0.15) is 18.1 Å². The molecule has 1 aromatic carbocycles. The molecule has 0 atom stereocenters. The molecule has 0 spiro atoms. The minimum Gasteiger partial charge on any atom is -0.461 e. The first-order valence-electron chi connectivity index (χ1n) is 9.20. The minimum absolute atomic E-state index is 0.0254. The predicted octanol–water partition coefficient (Wildman–Crippen LogP) is 3.68. The number of furan rings is 1. The largest absolute Gasteiger partial charge is 0.461 e. The Hall–Kier alpha value is -2.31. The lowest BCUT2D eigenvalue weighted by atomic mass is 9.95. The number of carbonyl (C=O) groups excluding carboxylic acids is 2. The van der Waals surface area contributed by atoms with Crippen molar-refractivity contribution in [2.75, 3.05) is 31.5 Å². The normalized spacial score (nSPS) is 13.9. The molecule has 1 aliphatic heterocycles. The van der Waals surface area contributed by atoms with Crippen LogP contribution in [0.25, 0.3) is 11.3 Å². The van der Waals surface area contributed by atoms with Crippen LogP contribution in [0.1, 0.15) is 25.2 Å². The molecule has 0 aliphatic carbocycles. The summed E-state index contributed by atoms with van der Waals surface area (Å²) in [4.78, 5) is 26.2. The summed E-state index contributed by atoms with van der Waals surface area (Å²) in [7, 11) is 1.52. The van der Waals surface area contributed by atoms with Crippen LogP contribution in [0.3, 0.4) is 0 Å². The fraction of sp³-hybridized carbons (Fsp3) is 0.429. The number of hydrogen-bond acceptors (Lipinski definition) is 4. The van der Waals surface area contributed by atoms with E-state index in [-0.39, 0.29) is 24.3 Å². The van der Waals surface area contributed by atoms with Gasteiger partial charge in [-0.1, -0.05) is 12.1 Å². The monoisotopic (exact) mass is 404 g/mol. The van der Waals surface area contributed by atoms with Crippen LogP contribution in [0.15, 0.2) is 34.7 Å². The van der Waals surface area contributed by atoms with Gasteiger partial charge in [-0.25, -0.2) is 0 Å². The third-order valence-corrected chi connectivity index (χ3v) is 5.51. The Morgan fingerprint density at radius 2 is 2.11 bits per heavy atom. The number of benzene rings is 1. The molecule has 0 radical (unpaired) electrons. The molecule has 0 fully saturated rings. The first-order chi connectivity index (χ1) is 13.3. The molecule has 2 heterocycles. The summed E-state index contributed by atoms with van der Waals surface area (Å²) in [5.74, 6) is 1.70. The summed E-state index contributed by atoms with van der Waals surface area (Å²) in [6.07, 6.45) is 0.672. The van der Waals surface area contributed by atoms with E-state index in [2.05, 4.69) is 5.32 Å². The Balaban J connectivity index is 1.77. The van der Waals surface area contributed by atoms with Crippen molar-refractivity contribution in [1.29, 1.82) is 0 Å². The van der Waals surface area contributed by atoms with E-state index in [0.29, 0.717) is 25.2 Å². The number of methoxy groups -OCH3 is 1. The third kappa shape index (κ3) is 4.39. The average Bonchev–Trinajstić information content (AvgIpc) is 3.11. The molecule has 1 aliphatic rings. The van der Waals surface area contributed by atoms with Gasteiger partial charge in [-0.05, 0) is 32.0 Å². The number of anilines is 1. The number of nitrogens with one attached hydrogen (secondary N) is 1. The third-order valence-electron chi connectivity index (χ3n) is 4.84. The fourth-order valence-corrected chi connectivity index (χ4v) is 3.14. The molecule has 3 rings (SSSR count). The van der Waals surface area contributed by atoms with Crippen LogP contribution in [0.4, 0.5) is 5.69 Å². The van der Waals surface area contributed by atoms with Crippen molar-refractivity contribution in [2.24, 2.45) is 5.41 Å². The van der Waals surface area contributed by atoms with Crippen molar-refractivity contribution in [2.45, 2.75) is 26.8 Å². The second-order valence-corrected chi connectivity index (χ2v) is 7.88. The maximum Gasteiger partial charge on any atom is 0.248 e. The molecule has 1 N–H and O–H groups in total. The standard InChI is InChI=1S/C21H25ClN2O4/c1-21(2,13-22)20(26)23-16-6-4-5-14(9-16)18-10-15-11-24(19(25)12-27-3)8-7-17(15)28-18/h4-6,9-10H,7-8,11-13H2,1-3H3,(H,23,26). The highest BCUT2D eigenvalue weighted by Crippen LogP contribution is 2.31. The van der Waals surface area contributed by atoms with Crippen LogP contribution in [-0.4, -0.2) is 42.9 Å². The van der Waals surface area contributed by atoms with E-state index in [9.17, 15) is 9.59 Å². The minimum atomic E-state index is -0.653. The van der Waals surface area contributed by atoms with Crippen LogP contribution in [0.5, 0.6) is 0 Å². The Morgan fingerprint density at radius 3 is 2.82 bits per heavy atom. The highest BCUT2D eigenvalue weighted by molar-refractivity contribution is 6.20. The fourth-order valence-electron chi connectivity index (χ4n) is 3.01. The van der Waals surface area contributed by atoms with Crippen molar-refractivity contribution in [3.8, 4) is 11.3 Å². The van der Waals surface area contributed by atoms with Crippen LogP contribution in [0.2, 0.25) is 0 Å². The molecule has 150 valence electrons. The molecule has 0 unspecified atom stereocenters. The number of halogens is 1. The Morgan fingerprint density at radius 1 is 1.32 bits per heavy atom. The van der Waals surface area contributed by atoms with Crippen molar-refractivity contribution in [1.82, 2.24) is 4.90 Å². The Bertz CT molecular complexity index is 875. The molecule has 7 heteroatoms. The molecule has 0 saturated heterocycles. The van der Waals surface area contributed by atoms with E-state index in [0.717, 1.165) is 22.6 Å². The van der Waals surface area contributed by atoms with Gasteiger partial charge in [-0.3, -0.25) is 9.59 Å². The average molecular weight is 405 g/mol. The molecule has 6 nitrogen and oxygen atoms in total. The first kappa shape index (κ1) is 20.4. The van der Waals surface area contributed by atoms with Crippen LogP contribution in [-0.2, 0) is 27.3 Å². The van der Waals surface area contributed by atoms with Gasteiger partial charge in [-0.2, -0.15) is 0 Å². The molecular weight excluding hydrogens is 380 g/mol. The van der Waals surface area contributed by atoms with Crippen molar-refractivity contribution >= 4 is 29.1 Å². The van der Waals surface area contributed by atoms with E-state index in [4.69, 9.17) is 20.8 Å². The maximum atomic E-state index is 12.4. The molecule has 2 aromatic rings. The van der Waals surface area contributed by atoms with Gasteiger partial charge in [0, 0.05) is 49.3 Å². The first-order valence-corrected chi connectivity index (χ1v) is 9.73. The number of alkyl halides is 1. The molecular formula is C21H25ClN2O4. The number of amides is 2. The quantitative estimate of drug-likeness (QED) is 0.745. The van der Waals surface area contributed by atoms with Gasteiger partial charge in [0.05, 0.1) is 5.41 Å². The van der Waals surface area contributed by atoms with E-state index >= 15 is 0 Å². The number of ether oxygens (including phenoxy) is 1. The maximum absolute atomic E-state index is 12.4. The van der Waals surface area contributed by atoms with Gasteiger partial charge in [-0.15, -0.1) is 11.6 Å². The summed E-state index contributed by atoms with van der Waals surface area (Å²) >= 11 is 5.88. The van der Waals surface area contributed by atoms with Crippen LogP contribution < -0.4 is 5.32 Å². The van der Waals surface area contributed by atoms with E-state index in [1.54, 1.807) is 18.7 Å². The SMILES string of the molecule is COCC(=O)N1CCc2oc(-c3cccc(NC(=O)C(C)(C)CCl)c3)cc2C1. The highest BCUT2D eigenvalue weighted by Gasteiger charge is 2.27. The smallest absolute Gasteiger partial charge is 0.248 e. The van der Waals surface area contributed by atoms with Gasteiger partial charge < -0.3 is 19.4 Å². The Labute approximate surface area is 169 Å². The molecule has 1 aromatic heterocycles. The molecule has 0 bridgehead atoms. The number of carbonyl (C=O) groups is 2. The lowest BCUT2D eigenvalue weighted by Crippen LogP contribution is -2.37. The second-order valence-electron chi connectivity index (χ2n) is 7.61. The van der Waals surface area contributed by atoms with Crippen molar-refractivity contribution in [3.63, 3.8) is 0 Å². The number of hydrogen-bond donors (Lipinski definition) is 1. The lowest BCUT2D eigenvalue weighted by Gasteiger charge is -2.25. The summed E-state index contributed by atoms with van der Waals surface area (Å²) in [6, 6.07) is 9.47. The molecule has 2 amide bonds. The summed E-state index contributed by atoms with van der Waals surface area (Å²) in [5.41, 5.74) is 1.90. The Kier molecular flexibility index (Phi) is 6.10. The van der Waals surface area contributed by atoms with Gasteiger partial charge >= 0.3 is 0 Å². The van der Waals surface area contributed by atoms with E-state index in [1.807, 2.05) is 30.3 Å². The predicted molar refractivity (Wildman–Crippen MR) is 108 cm³/mol. The van der Waals surface area contributed by atoms with Gasteiger partial charge in [0.2, 0.25) is 11.8 Å². The zero-order valence-electron chi connectivity index (χ0n) is 16.4. The van der Waals surface area contributed by atoms with Crippen LogP contribution >= 0.6 is 11.6 Å². The van der Waals surface area contributed by atoms with Crippen molar-refractivity contribution in [3.05, 3.63) is 41.7 Å². The zero-order chi connectivity index (χ0) is 20.3. The van der Waals surface area contributed by atoms with Crippen LogP contribution in [0, 0.1) is 5.41 Å². The lowest BCUT2D eigenvalue weighted by molar-refractivity contribution is -0.136. The molecule has 28 heavy (non-hydrogen) atoms. The van der Waals surface area contributed by atoms with Crippen molar-refractivity contribution < 1.29 is 18.7 Å². The van der Waals surface area contributed by atoms with E-state index < -0.39 is 5.41 Å². The topological polar surface area (TPSA) is 71.8 Å². The van der Waals surface area contributed by atoms with E-state index in [1.165, 1.54) is 7.11 Å². The number of rotatable bonds is 6. The zero-order valence-corrected chi connectivity index (χ0v) is 17.1. The van der Waals surface area contributed by atoms with Gasteiger partial charge in [0.15, 0.2) is 0 Å². The summed E-state index contributed by atoms with van der Waals surface area (Å²) in [5, 5.41) is 2.91. The highest BCUT2D eigenvalue weighted by atomic mass is 35.5. The molecule has 0 saturated carbocycles. The summed E-state index contributed by atoms with van der Waals surface area (Å²) < 4.78 is 11.0. The summed E-state index contributed by atoms with van der Waals surface area (Å²) in [6.45, 7) is 4.82. The number of fused-ring (bicyclic) bond motifs is 1. The van der Waals surface area contributed by atoms with Gasteiger partial charge in [0.25, 0.3) is 0 Å². The number of nitrogens with zero attached hydrogens (tertiary/aromatic N) is 1. The second kappa shape index (κ2) is 8.37.